The van der Waals surface area contributed by atoms with E-state index in [1.165, 1.54) is 31.7 Å². The van der Waals surface area contributed by atoms with Crippen molar-refractivity contribution in [3.63, 3.8) is 0 Å². The fraction of sp³-hybridized carbons (Fsp3) is 0.375. The van der Waals surface area contributed by atoms with Gasteiger partial charge in [-0.3, -0.25) is 0 Å². The number of carboxylic acids is 1. The number of carbonyl (C=O) groups is 1. The number of nitrogens with zero attached hydrogens (tertiary/aromatic N) is 1. The second-order valence-electron chi connectivity index (χ2n) is 5.84. The zero-order chi connectivity index (χ0) is 14.6. The van der Waals surface area contributed by atoms with E-state index in [9.17, 15) is 9.59 Å². The second-order valence-corrected chi connectivity index (χ2v) is 5.84. The number of aromatic carboxylic acids is 1. The highest BCUT2D eigenvalue weighted by atomic mass is 16.4. The Bertz CT molecular complexity index is 774. The first kappa shape index (κ1) is 12.4. The van der Waals surface area contributed by atoms with Crippen LogP contribution in [0.5, 0.6) is 0 Å². The molecule has 108 valence electrons. The van der Waals surface area contributed by atoms with Gasteiger partial charge in [-0.1, -0.05) is 0 Å². The molecule has 2 aliphatic rings. The van der Waals surface area contributed by atoms with E-state index in [0.29, 0.717) is 23.1 Å². The first-order valence-corrected chi connectivity index (χ1v) is 7.23. The van der Waals surface area contributed by atoms with Gasteiger partial charge in [0.15, 0.2) is 0 Å². The first-order chi connectivity index (χ1) is 10.1. The lowest BCUT2D eigenvalue weighted by Gasteiger charge is -2.24. The van der Waals surface area contributed by atoms with Gasteiger partial charge in [-0.05, 0) is 43.9 Å². The lowest BCUT2D eigenvalue weighted by molar-refractivity contribution is 0.0692. The van der Waals surface area contributed by atoms with Gasteiger partial charge in [0.05, 0.1) is 0 Å². The summed E-state index contributed by atoms with van der Waals surface area (Å²) in [5, 5.41) is 9.60. The molecule has 0 aliphatic heterocycles. The zero-order valence-electron chi connectivity index (χ0n) is 11.4. The molecule has 0 bridgehead atoms. The van der Waals surface area contributed by atoms with E-state index in [1.54, 1.807) is 0 Å². The molecule has 4 rings (SSSR count). The molecule has 0 atom stereocenters. The van der Waals surface area contributed by atoms with E-state index >= 15 is 0 Å². The van der Waals surface area contributed by atoms with Crippen LogP contribution in [0.4, 0.5) is 5.69 Å². The van der Waals surface area contributed by atoms with Crippen molar-refractivity contribution >= 4 is 22.6 Å². The van der Waals surface area contributed by atoms with E-state index in [-0.39, 0.29) is 5.56 Å². The van der Waals surface area contributed by atoms with E-state index in [0.717, 1.165) is 5.69 Å². The SMILES string of the molecule is O=C(O)c1cc2ccc(N(C3CC3)C3CC3)cc2oc1=O. The van der Waals surface area contributed by atoms with Crippen molar-refractivity contribution in [2.24, 2.45) is 0 Å². The minimum absolute atomic E-state index is 0.323. The van der Waals surface area contributed by atoms with Gasteiger partial charge in [-0.25, -0.2) is 9.59 Å². The van der Waals surface area contributed by atoms with Crippen LogP contribution in [0.1, 0.15) is 36.0 Å². The monoisotopic (exact) mass is 285 g/mol. The number of fused-ring (bicyclic) bond motifs is 1. The average molecular weight is 285 g/mol. The molecular formula is C16H15NO4. The maximum Gasteiger partial charge on any atom is 0.351 e. The number of benzene rings is 1. The molecule has 5 heteroatoms. The van der Waals surface area contributed by atoms with Crippen molar-refractivity contribution < 1.29 is 14.3 Å². The van der Waals surface area contributed by atoms with Crippen LogP contribution in [0.2, 0.25) is 0 Å². The fourth-order valence-corrected chi connectivity index (χ4v) is 2.83. The number of hydrogen-bond acceptors (Lipinski definition) is 4. The smallest absolute Gasteiger partial charge is 0.351 e. The van der Waals surface area contributed by atoms with E-state index in [2.05, 4.69) is 4.90 Å². The average Bonchev–Trinajstić information content (AvgIpc) is 3.32. The van der Waals surface area contributed by atoms with Crippen LogP contribution in [0.3, 0.4) is 0 Å². The number of rotatable bonds is 4. The molecule has 1 N–H and O–H groups in total. The molecule has 2 aromatic rings. The first-order valence-electron chi connectivity index (χ1n) is 7.23. The van der Waals surface area contributed by atoms with Gasteiger partial charge < -0.3 is 14.4 Å². The topological polar surface area (TPSA) is 70.8 Å². The Balaban J connectivity index is 1.80. The molecule has 0 unspecified atom stereocenters. The molecule has 5 nitrogen and oxygen atoms in total. The zero-order valence-corrected chi connectivity index (χ0v) is 11.4. The maximum absolute atomic E-state index is 11.7. The molecule has 1 aromatic heterocycles. The minimum Gasteiger partial charge on any atom is -0.477 e. The standard InChI is InChI=1S/C16H15NO4/c18-15(19)13-7-9-1-2-12(8-14(9)21-16(13)20)17(10-3-4-10)11-5-6-11/h1-2,7-8,10-11H,3-6H2,(H,18,19). The quantitative estimate of drug-likeness (QED) is 0.874. The molecule has 0 amide bonds. The van der Waals surface area contributed by atoms with Crippen molar-refractivity contribution in [1.82, 2.24) is 0 Å². The normalized spacial score (nSPS) is 17.9. The molecule has 0 saturated heterocycles. The van der Waals surface area contributed by atoms with Crippen LogP contribution < -0.4 is 10.5 Å². The van der Waals surface area contributed by atoms with E-state index < -0.39 is 11.6 Å². The van der Waals surface area contributed by atoms with Gasteiger partial charge in [0.1, 0.15) is 11.1 Å². The molecule has 2 aliphatic carbocycles. The molecule has 0 radical (unpaired) electrons. The summed E-state index contributed by atoms with van der Waals surface area (Å²) in [7, 11) is 0. The van der Waals surface area contributed by atoms with Gasteiger partial charge in [0, 0.05) is 29.2 Å². The van der Waals surface area contributed by atoms with E-state index in [4.69, 9.17) is 9.52 Å². The summed E-state index contributed by atoms with van der Waals surface area (Å²) in [6.07, 6.45) is 4.87. The van der Waals surface area contributed by atoms with Crippen LogP contribution in [-0.2, 0) is 0 Å². The third-order valence-electron chi connectivity index (χ3n) is 4.13. The van der Waals surface area contributed by atoms with E-state index in [1.807, 2.05) is 18.2 Å². The summed E-state index contributed by atoms with van der Waals surface area (Å²) >= 11 is 0. The van der Waals surface area contributed by atoms with Gasteiger partial charge in [-0.15, -0.1) is 0 Å². The van der Waals surface area contributed by atoms with Crippen molar-refractivity contribution in [2.75, 3.05) is 4.90 Å². The van der Waals surface area contributed by atoms with Crippen LogP contribution in [0.25, 0.3) is 11.0 Å². The lowest BCUT2D eigenvalue weighted by Crippen LogP contribution is -2.27. The molecule has 21 heavy (non-hydrogen) atoms. The Labute approximate surface area is 120 Å². The number of anilines is 1. The highest BCUT2D eigenvalue weighted by Gasteiger charge is 2.39. The van der Waals surface area contributed by atoms with Crippen molar-refractivity contribution in [3.05, 3.63) is 40.2 Å². The van der Waals surface area contributed by atoms with Gasteiger partial charge in [0.25, 0.3) is 0 Å². The van der Waals surface area contributed by atoms with Crippen molar-refractivity contribution in [1.29, 1.82) is 0 Å². The molecule has 2 fully saturated rings. The molecular weight excluding hydrogens is 270 g/mol. The Morgan fingerprint density at radius 1 is 1.14 bits per heavy atom. The summed E-state index contributed by atoms with van der Waals surface area (Å²) in [4.78, 5) is 25.1. The van der Waals surface area contributed by atoms with Crippen LogP contribution in [0, 0.1) is 0 Å². The Hall–Kier alpha value is -2.30. The molecule has 1 heterocycles. The Morgan fingerprint density at radius 3 is 2.38 bits per heavy atom. The van der Waals surface area contributed by atoms with Crippen LogP contribution in [0.15, 0.2) is 33.5 Å². The molecule has 2 saturated carbocycles. The third kappa shape index (κ3) is 2.18. The van der Waals surface area contributed by atoms with Gasteiger partial charge in [-0.2, -0.15) is 0 Å². The van der Waals surface area contributed by atoms with Crippen molar-refractivity contribution in [2.45, 2.75) is 37.8 Å². The predicted octanol–water partition coefficient (Wildman–Crippen LogP) is 2.62. The highest BCUT2D eigenvalue weighted by Crippen LogP contribution is 2.41. The summed E-state index contributed by atoms with van der Waals surface area (Å²) in [5.74, 6) is -1.26. The second kappa shape index (κ2) is 4.35. The summed E-state index contributed by atoms with van der Waals surface area (Å²) in [6.45, 7) is 0. The third-order valence-corrected chi connectivity index (χ3v) is 4.13. The predicted molar refractivity (Wildman–Crippen MR) is 78.0 cm³/mol. The lowest BCUT2D eigenvalue weighted by atomic mass is 10.1. The number of carboxylic acid groups (broad SMARTS) is 1. The largest absolute Gasteiger partial charge is 0.477 e. The van der Waals surface area contributed by atoms with Gasteiger partial charge in [0.2, 0.25) is 0 Å². The highest BCUT2D eigenvalue weighted by molar-refractivity contribution is 5.92. The Morgan fingerprint density at radius 2 is 1.81 bits per heavy atom. The summed E-state index contributed by atoms with van der Waals surface area (Å²) < 4.78 is 5.18. The minimum atomic E-state index is -1.26. The molecule has 1 aromatic carbocycles. The Kier molecular flexibility index (Phi) is 2.58. The molecule has 0 spiro atoms. The maximum atomic E-state index is 11.7. The fourth-order valence-electron chi connectivity index (χ4n) is 2.83. The number of hydrogen-bond donors (Lipinski definition) is 1. The van der Waals surface area contributed by atoms with Crippen molar-refractivity contribution in [3.8, 4) is 0 Å². The summed E-state index contributed by atoms with van der Waals surface area (Å²) in [5.41, 5.74) is 0.403. The van der Waals surface area contributed by atoms with Crippen LogP contribution >= 0.6 is 0 Å². The van der Waals surface area contributed by atoms with Crippen LogP contribution in [-0.4, -0.2) is 23.2 Å². The summed E-state index contributed by atoms with van der Waals surface area (Å²) in [6, 6.07) is 8.28. The van der Waals surface area contributed by atoms with Gasteiger partial charge >= 0.3 is 11.6 Å².